The van der Waals surface area contributed by atoms with Crippen molar-refractivity contribution in [2.75, 3.05) is 6.61 Å². The Bertz CT molecular complexity index is 662. The molecule has 0 spiro atoms. The lowest BCUT2D eigenvalue weighted by atomic mass is 10.2. The molecule has 0 aliphatic carbocycles. The van der Waals surface area contributed by atoms with E-state index in [1.165, 1.54) is 0 Å². The van der Waals surface area contributed by atoms with Crippen molar-refractivity contribution in [3.8, 4) is 12.3 Å². The smallest absolute Gasteiger partial charge is 0.311 e. The average Bonchev–Trinajstić information content (AvgIpc) is 2.49. The van der Waals surface area contributed by atoms with Gasteiger partial charge < -0.3 is 4.74 Å². The third-order valence-electron chi connectivity index (χ3n) is 2.71. The van der Waals surface area contributed by atoms with Gasteiger partial charge in [0.1, 0.15) is 5.03 Å². The number of pyridine rings is 1. The summed E-state index contributed by atoms with van der Waals surface area (Å²) in [5.41, 5.74) is 1.86. The monoisotopic (exact) mass is 297 g/mol. The summed E-state index contributed by atoms with van der Waals surface area (Å²) in [7, 11) is 0. The van der Waals surface area contributed by atoms with Crippen LogP contribution in [0.5, 0.6) is 0 Å². The zero-order chi connectivity index (χ0) is 15.1. The Morgan fingerprint density at radius 1 is 1.38 bits per heavy atom. The number of rotatable bonds is 5. The molecule has 21 heavy (non-hydrogen) atoms. The van der Waals surface area contributed by atoms with Crippen LogP contribution in [0, 0.1) is 19.3 Å². The number of aromatic nitrogens is 1. The highest BCUT2D eigenvalue weighted by atomic mass is 32.2. The van der Waals surface area contributed by atoms with Gasteiger partial charge in [-0.2, -0.15) is 0 Å². The van der Waals surface area contributed by atoms with Crippen molar-refractivity contribution < 1.29 is 9.53 Å². The van der Waals surface area contributed by atoms with Gasteiger partial charge in [-0.25, -0.2) is 4.98 Å². The fraction of sp³-hybridized carbons (Fsp3) is 0.176. The summed E-state index contributed by atoms with van der Waals surface area (Å²) in [6, 6.07) is 12.0. The number of aryl methyl sites for hydroxylation is 1. The van der Waals surface area contributed by atoms with Gasteiger partial charge in [0.15, 0.2) is 6.61 Å². The molecule has 0 saturated heterocycles. The lowest BCUT2D eigenvalue weighted by molar-refractivity contribution is -0.141. The average molecular weight is 297 g/mol. The maximum Gasteiger partial charge on any atom is 0.311 e. The van der Waals surface area contributed by atoms with Crippen LogP contribution >= 0.6 is 11.8 Å². The van der Waals surface area contributed by atoms with E-state index in [1.54, 1.807) is 18.0 Å². The number of ether oxygens (including phenoxy) is 1. The lowest BCUT2D eigenvalue weighted by Gasteiger charge is -2.07. The number of nitrogens with zero attached hydrogens (tertiary/aromatic N) is 1. The molecule has 0 atom stereocenters. The Hall–Kier alpha value is -2.25. The first kappa shape index (κ1) is 15.1. The number of terminal acetylenes is 1. The minimum absolute atomic E-state index is 0.00713. The molecule has 0 unspecified atom stereocenters. The predicted octanol–water partition coefficient (Wildman–Crippen LogP) is 3.26. The van der Waals surface area contributed by atoms with E-state index in [0.29, 0.717) is 0 Å². The molecule has 0 aliphatic rings. The highest BCUT2D eigenvalue weighted by molar-refractivity contribution is 7.99. The van der Waals surface area contributed by atoms with E-state index < -0.39 is 0 Å². The van der Waals surface area contributed by atoms with Crippen LogP contribution in [0.25, 0.3) is 0 Å². The summed E-state index contributed by atoms with van der Waals surface area (Å²) >= 11 is 1.60. The van der Waals surface area contributed by atoms with E-state index in [2.05, 4.69) is 10.9 Å². The van der Waals surface area contributed by atoms with Crippen LogP contribution in [0.4, 0.5) is 0 Å². The molecular formula is C17H15NO2S. The van der Waals surface area contributed by atoms with Crippen molar-refractivity contribution in [1.29, 1.82) is 0 Å². The normalized spacial score (nSPS) is 9.90. The van der Waals surface area contributed by atoms with Crippen LogP contribution in [-0.2, 0) is 16.0 Å². The van der Waals surface area contributed by atoms with Gasteiger partial charge >= 0.3 is 5.97 Å². The van der Waals surface area contributed by atoms with Crippen LogP contribution in [-0.4, -0.2) is 17.6 Å². The molecular weight excluding hydrogens is 282 g/mol. The number of carbonyl (C=O) groups is 1. The first-order chi connectivity index (χ1) is 10.2. The second kappa shape index (κ2) is 7.51. The highest BCUT2D eigenvalue weighted by Crippen LogP contribution is 2.28. The SMILES string of the molecule is C#CCOC(=O)Cc1cnc(Sc2ccccc2)c(C)c1. The molecule has 0 fully saturated rings. The highest BCUT2D eigenvalue weighted by Gasteiger charge is 2.08. The zero-order valence-corrected chi connectivity index (χ0v) is 12.5. The second-order valence-electron chi connectivity index (χ2n) is 4.42. The van der Waals surface area contributed by atoms with E-state index in [4.69, 9.17) is 11.2 Å². The van der Waals surface area contributed by atoms with Gasteiger partial charge in [0.05, 0.1) is 6.42 Å². The number of esters is 1. The van der Waals surface area contributed by atoms with Gasteiger partial charge in [-0.15, -0.1) is 6.42 Å². The van der Waals surface area contributed by atoms with Crippen LogP contribution in [0.2, 0.25) is 0 Å². The van der Waals surface area contributed by atoms with E-state index in [1.807, 2.05) is 43.3 Å². The summed E-state index contributed by atoms with van der Waals surface area (Å²) in [4.78, 5) is 17.1. The fourth-order valence-corrected chi connectivity index (χ4v) is 2.61. The van der Waals surface area contributed by atoms with Crippen molar-refractivity contribution in [2.45, 2.75) is 23.3 Å². The van der Waals surface area contributed by atoms with Crippen molar-refractivity contribution >= 4 is 17.7 Å². The molecule has 1 aromatic heterocycles. The number of hydrogen-bond donors (Lipinski definition) is 0. The first-order valence-corrected chi connectivity index (χ1v) is 7.28. The van der Waals surface area contributed by atoms with Crippen LogP contribution in [0.15, 0.2) is 52.5 Å². The molecule has 1 aromatic carbocycles. The summed E-state index contributed by atoms with van der Waals surface area (Å²) in [6.45, 7) is 1.99. The minimum atomic E-state index is -0.336. The zero-order valence-electron chi connectivity index (χ0n) is 11.7. The lowest BCUT2D eigenvalue weighted by Crippen LogP contribution is -2.08. The van der Waals surface area contributed by atoms with Gasteiger partial charge in [0, 0.05) is 11.1 Å². The Kier molecular flexibility index (Phi) is 5.42. The molecule has 0 bridgehead atoms. The number of carbonyl (C=O) groups excluding carboxylic acids is 1. The Labute approximate surface area is 128 Å². The molecule has 2 rings (SSSR count). The summed E-state index contributed by atoms with van der Waals surface area (Å²) in [5.74, 6) is 1.93. The van der Waals surface area contributed by atoms with Gasteiger partial charge in [0.2, 0.25) is 0 Å². The first-order valence-electron chi connectivity index (χ1n) is 6.46. The fourth-order valence-electron chi connectivity index (χ4n) is 1.76. The maximum atomic E-state index is 11.5. The second-order valence-corrected chi connectivity index (χ2v) is 5.48. The molecule has 0 saturated carbocycles. The molecule has 106 valence electrons. The topological polar surface area (TPSA) is 39.2 Å². The van der Waals surface area contributed by atoms with E-state index in [9.17, 15) is 4.79 Å². The van der Waals surface area contributed by atoms with Gasteiger partial charge in [-0.3, -0.25) is 4.79 Å². The molecule has 4 heteroatoms. The quantitative estimate of drug-likeness (QED) is 0.627. The van der Waals surface area contributed by atoms with Gasteiger partial charge in [0.25, 0.3) is 0 Å². The van der Waals surface area contributed by atoms with Gasteiger partial charge in [-0.1, -0.05) is 41.9 Å². The minimum Gasteiger partial charge on any atom is -0.452 e. The third-order valence-corrected chi connectivity index (χ3v) is 3.84. The standard InChI is InChI=1S/C17H15NO2S/c1-3-9-20-16(19)11-14-10-13(2)17(18-12-14)21-15-7-5-4-6-8-15/h1,4-8,10,12H,9,11H2,2H3. The van der Waals surface area contributed by atoms with Crippen LogP contribution in [0.1, 0.15) is 11.1 Å². The Morgan fingerprint density at radius 2 is 2.14 bits per heavy atom. The third kappa shape index (κ3) is 4.66. The number of benzene rings is 1. The van der Waals surface area contributed by atoms with Crippen molar-refractivity contribution in [2.24, 2.45) is 0 Å². The van der Waals surface area contributed by atoms with Crippen molar-refractivity contribution in [1.82, 2.24) is 4.98 Å². The van der Waals surface area contributed by atoms with Crippen LogP contribution in [0.3, 0.4) is 0 Å². The van der Waals surface area contributed by atoms with Crippen molar-refractivity contribution in [3.05, 3.63) is 53.7 Å². The largest absolute Gasteiger partial charge is 0.452 e. The Balaban J connectivity index is 2.04. The molecule has 0 amide bonds. The Morgan fingerprint density at radius 3 is 2.81 bits per heavy atom. The molecule has 2 aromatic rings. The molecule has 0 aliphatic heterocycles. The maximum absolute atomic E-state index is 11.5. The molecule has 0 radical (unpaired) electrons. The summed E-state index contributed by atoms with van der Waals surface area (Å²) < 4.78 is 4.85. The van der Waals surface area contributed by atoms with Crippen LogP contribution < -0.4 is 0 Å². The van der Waals surface area contributed by atoms with Gasteiger partial charge in [-0.05, 0) is 30.2 Å². The summed E-state index contributed by atoms with van der Waals surface area (Å²) in [5, 5.41) is 0.932. The molecule has 1 heterocycles. The molecule has 3 nitrogen and oxygen atoms in total. The van der Waals surface area contributed by atoms with E-state index >= 15 is 0 Å². The van der Waals surface area contributed by atoms with Crippen molar-refractivity contribution in [3.63, 3.8) is 0 Å². The predicted molar refractivity (Wildman–Crippen MR) is 83.0 cm³/mol. The summed E-state index contributed by atoms with van der Waals surface area (Å²) in [6.07, 6.45) is 6.94. The molecule has 0 N–H and O–H groups in total. The van der Waals surface area contributed by atoms with E-state index in [-0.39, 0.29) is 19.0 Å². The number of hydrogen-bond acceptors (Lipinski definition) is 4. The van der Waals surface area contributed by atoms with E-state index in [0.717, 1.165) is 21.0 Å².